The van der Waals surface area contributed by atoms with Crippen molar-refractivity contribution in [3.8, 4) is 5.88 Å². The average molecular weight is 357 g/mol. The predicted octanol–water partition coefficient (Wildman–Crippen LogP) is 4.75. The summed E-state index contributed by atoms with van der Waals surface area (Å²) in [5, 5.41) is 0. The molecule has 1 unspecified atom stereocenters. The highest BCUT2D eigenvalue weighted by atomic mass is 79.9. The first-order chi connectivity index (χ1) is 8.16. The largest absolute Gasteiger partial charge is 0.469 e. The summed E-state index contributed by atoms with van der Waals surface area (Å²) in [4.78, 5) is 4.23. The molecule has 0 saturated heterocycles. The van der Waals surface area contributed by atoms with Crippen molar-refractivity contribution in [3.05, 3.63) is 57.1 Å². The molecule has 4 heteroatoms. The Morgan fingerprint density at radius 3 is 2.53 bits per heavy atom. The Morgan fingerprint density at radius 2 is 1.88 bits per heavy atom. The molecule has 0 aliphatic heterocycles. The van der Waals surface area contributed by atoms with Gasteiger partial charge in [-0.1, -0.05) is 30.3 Å². The Kier molecular flexibility index (Phi) is 4.18. The zero-order valence-corrected chi connectivity index (χ0v) is 12.4. The third-order valence-electron chi connectivity index (χ3n) is 2.33. The van der Waals surface area contributed by atoms with E-state index in [9.17, 15) is 0 Å². The first-order valence-corrected chi connectivity index (χ1v) is 6.78. The molecule has 0 N–H and O–H groups in total. The second-order valence-electron chi connectivity index (χ2n) is 3.61. The number of hydrogen-bond donors (Lipinski definition) is 0. The lowest BCUT2D eigenvalue weighted by Crippen LogP contribution is -2.04. The van der Waals surface area contributed by atoms with Crippen molar-refractivity contribution in [2.45, 2.75) is 13.0 Å². The molecule has 1 aromatic carbocycles. The lowest BCUT2D eigenvalue weighted by Gasteiger charge is -2.15. The van der Waals surface area contributed by atoms with Gasteiger partial charge in [-0.25, -0.2) is 4.98 Å². The first-order valence-electron chi connectivity index (χ1n) is 5.19. The van der Waals surface area contributed by atoms with Gasteiger partial charge in [0.05, 0.1) is 4.47 Å². The van der Waals surface area contributed by atoms with Crippen LogP contribution in [0.2, 0.25) is 0 Å². The van der Waals surface area contributed by atoms with Crippen LogP contribution in [0, 0.1) is 0 Å². The maximum Gasteiger partial charge on any atom is 0.228 e. The molecule has 0 bridgehead atoms. The molecule has 88 valence electrons. The van der Waals surface area contributed by atoms with Gasteiger partial charge in [-0.15, -0.1) is 0 Å². The van der Waals surface area contributed by atoms with Gasteiger partial charge in [0.1, 0.15) is 6.10 Å². The summed E-state index contributed by atoms with van der Waals surface area (Å²) in [6.45, 7) is 2.01. The molecule has 0 saturated carbocycles. The van der Waals surface area contributed by atoms with E-state index in [0.717, 1.165) is 14.5 Å². The number of hydrogen-bond acceptors (Lipinski definition) is 2. The van der Waals surface area contributed by atoms with E-state index in [1.807, 2.05) is 43.3 Å². The van der Waals surface area contributed by atoms with Gasteiger partial charge in [-0.05, 0) is 50.4 Å². The number of nitrogens with zero attached hydrogens (tertiary/aromatic N) is 1. The normalized spacial score (nSPS) is 12.2. The highest BCUT2D eigenvalue weighted by molar-refractivity contribution is 9.11. The van der Waals surface area contributed by atoms with Crippen LogP contribution in [0.15, 0.2) is 51.5 Å². The van der Waals surface area contributed by atoms with Gasteiger partial charge in [0.25, 0.3) is 0 Å². The molecule has 1 heterocycles. The van der Waals surface area contributed by atoms with Crippen LogP contribution in [-0.2, 0) is 0 Å². The quantitative estimate of drug-likeness (QED) is 0.791. The van der Waals surface area contributed by atoms with Crippen LogP contribution in [0.3, 0.4) is 0 Å². The molecular weight excluding hydrogens is 346 g/mol. The number of aromatic nitrogens is 1. The fraction of sp³-hybridized carbons (Fsp3) is 0.154. The van der Waals surface area contributed by atoms with Crippen molar-refractivity contribution in [1.82, 2.24) is 4.98 Å². The molecule has 0 spiro atoms. The van der Waals surface area contributed by atoms with Crippen molar-refractivity contribution in [1.29, 1.82) is 0 Å². The Hall–Kier alpha value is -0.870. The van der Waals surface area contributed by atoms with Gasteiger partial charge in [0, 0.05) is 10.7 Å². The lowest BCUT2D eigenvalue weighted by molar-refractivity contribution is 0.216. The summed E-state index contributed by atoms with van der Waals surface area (Å²) in [7, 11) is 0. The van der Waals surface area contributed by atoms with E-state index in [1.165, 1.54) is 0 Å². The molecule has 2 nitrogen and oxygen atoms in total. The molecule has 17 heavy (non-hydrogen) atoms. The van der Waals surface area contributed by atoms with E-state index in [-0.39, 0.29) is 6.10 Å². The summed E-state index contributed by atoms with van der Waals surface area (Å²) in [6, 6.07) is 12.0. The fourth-order valence-corrected chi connectivity index (χ4v) is 2.53. The predicted molar refractivity (Wildman–Crippen MR) is 75.1 cm³/mol. The molecule has 2 rings (SSSR count). The van der Waals surface area contributed by atoms with Crippen molar-refractivity contribution in [3.63, 3.8) is 0 Å². The van der Waals surface area contributed by atoms with Crippen LogP contribution in [-0.4, -0.2) is 4.98 Å². The van der Waals surface area contributed by atoms with Gasteiger partial charge in [-0.2, -0.15) is 0 Å². The molecule has 2 aromatic rings. The molecule has 0 aliphatic rings. The maximum atomic E-state index is 5.81. The summed E-state index contributed by atoms with van der Waals surface area (Å²) in [5.74, 6) is 0.601. The van der Waals surface area contributed by atoms with Crippen LogP contribution in [0.4, 0.5) is 0 Å². The third-order valence-corrected chi connectivity index (χ3v) is 3.33. The SMILES string of the molecule is CC(Oc1ncc(Br)cc1Br)c1ccccc1. The molecule has 0 fully saturated rings. The Labute approximate surface area is 117 Å². The van der Waals surface area contributed by atoms with Crippen molar-refractivity contribution in [2.24, 2.45) is 0 Å². The number of benzene rings is 1. The summed E-state index contributed by atoms with van der Waals surface area (Å²) in [6.07, 6.45) is 1.69. The van der Waals surface area contributed by atoms with Crippen LogP contribution in [0.25, 0.3) is 0 Å². The topological polar surface area (TPSA) is 22.1 Å². The molecule has 0 amide bonds. The minimum atomic E-state index is -0.0267. The van der Waals surface area contributed by atoms with Crippen molar-refractivity contribution in [2.75, 3.05) is 0 Å². The molecule has 0 aliphatic carbocycles. The third kappa shape index (κ3) is 3.30. The Bertz CT molecular complexity index is 502. The van der Waals surface area contributed by atoms with E-state index in [4.69, 9.17) is 4.74 Å². The van der Waals surface area contributed by atoms with Gasteiger partial charge < -0.3 is 4.74 Å². The summed E-state index contributed by atoms with van der Waals surface area (Å²) >= 11 is 6.79. The number of pyridine rings is 1. The second-order valence-corrected chi connectivity index (χ2v) is 5.38. The molecular formula is C13H11Br2NO. The monoisotopic (exact) mass is 355 g/mol. The van der Waals surface area contributed by atoms with Crippen LogP contribution in [0.5, 0.6) is 5.88 Å². The smallest absolute Gasteiger partial charge is 0.228 e. The summed E-state index contributed by atoms with van der Waals surface area (Å²) < 4.78 is 7.57. The lowest BCUT2D eigenvalue weighted by atomic mass is 10.1. The standard InChI is InChI=1S/C13H11Br2NO/c1-9(10-5-3-2-4-6-10)17-13-12(15)7-11(14)8-16-13/h2-9H,1H3. The van der Waals surface area contributed by atoms with Crippen molar-refractivity contribution >= 4 is 31.9 Å². The van der Waals surface area contributed by atoms with Crippen LogP contribution < -0.4 is 4.74 Å². The Balaban J connectivity index is 2.16. The van der Waals surface area contributed by atoms with Crippen LogP contribution >= 0.6 is 31.9 Å². The van der Waals surface area contributed by atoms with Gasteiger partial charge >= 0.3 is 0 Å². The van der Waals surface area contributed by atoms with Crippen molar-refractivity contribution < 1.29 is 4.74 Å². The fourth-order valence-electron chi connectivity index (χ4n) is 1.45. The highest BCUT2D eigenvalue weighted by Gasteiger charge is 2.10. The number of halogens is 2. The van der Waals surface area contributed by atoms with Gasteiger partial charge in [0.2, 0.25) is 5.88 Å². The van der Waals surface area contributed by atoms with E-state index < -0.39 is 0 Å². The minimum Gasteiger partial charge on any atom is -0.469 e. The molecule has 0 radical (unpaired) electrons. The highest BCUT2D eigenvalue weighted by Crippen LogP contribution is 2.29. The van der Waals surface area contributed by atoms with Gasteiger partial charge in [-0.3, -0.25) is 0 Å². The summed E-state index contributed by atoms with van der Waals surface area (Å²) in [5.41, 5.74) is 1.13. The first kappa shape index (κ1) is 12.6. The zero-order chi connectivity index (χ0) is 12.3. The van der Waals surface area contributed by atoms with E-state index in [1.54, 1.807) is 6.20 Å². The van der Waals surface area contributed by atoms with Crippen LogP contribution in [0.1, 0.15) is 18.6 Å². The average Bonchev–Trinajstić information content (AvgIpc) is 2.34. The molecule has 1 aromatic heterocycles. The van der Waals surface area contributed by atoms with E-state index in [0.29, 0.717) is 5.88 Å². The Morgan fingerprint density at radius 1 is 1.18 bits per heavy atom. The van der Waals surface area contributed by atoms with E-state index >= 15 is 0 Å². The number of ether oxygens (including phenoxy) is 1. The zero-order valence-electron chi connectivity index (χ0n) is 9.23. The number of rotatable bonds is 3. The van der Waals surface area contributed by atoms with Gasteiger partial charge in [0.15, 0.2) is 0 Å². The molecule has 1 atom stereocenters. The second kappa shape index (κ2) is 5.65. The minimum absolute atomic E-state index is 0.0267. The maximum absolute atomic E-state index is 5.81. The van der Waals surface area contributed by atoms with E-state index in [2.05, 4.69) is 36.8 Å².